The Balaban J connectivity index is 4.49. The van der Waals surface area contributed by atoms with E-state index in [1.807, 2.05) is 42.5 Å². The maximum atomic E-state index is 12.8. The SMILES string of the molecule is CC\C=C/C=C\C=C/C=C\CCCCCC(=O)OC(COC(=O)CCCCCCC\C=C/C=C\C=C/CC)COC(=O)CCCCCCC/C=C\C=C/CCCCCCCCC. The highest BCUT2D eigenvalue weighted by Gasteiger charge is 2.19. The van der Waals surface area contributed by atoms with Gasteiger partial charge in [0.1, 0.15) is 13.2 Å². The first kappa shape index (κ1) is 58.1. The van der Waals surface area contributed by atoms with Crippen LogP contribution in [0.3, 0.4) is 0 Å². The van der Waals surface area contributed by atoms with Crippen molar-refractivity contribution >= 4 is 17.9 Å². The summed E-state index contributed by atoms with van der Waals surface area (Å²) in [4.78, 5) is 37.9. The molecule has 62 heavy (non-hydrogen) atoms. The summed E-state index contributed by atoms with van der Waals surface area (Å²) >= 11 is 0. The monoisotopic (exact) mass is 859 g/mol. The van der Waals surface area contributed by atoms with Gasteiger partial charge < -0.3 is 14.2 Å². The van der Waals surface area contributed by atoms with Crippen molar-refractivity contribution in [2.75, 3.05) is 13.2 Å². The van der Waals surface area contributed by atoms with Crippen molar-refractivity contribution in [2.45, 2.75) is 213 Å². The standard InChI is InChI=1S/C56H90O6/c1-4-7-10-13-16-19-22-25-26-27-28-29-32-34-37-40-43-46-49-55(58)61-52-53(62-56(59)50-47-44-41-38-35-31-24-21-18-15-12-9-6-3)51-60-54(57)48-45-42-39-36-33-30-23-20-17-14-11-8-5-2/h8-9,11-12,14-15,17-18,20-21,23-24,26-29,31,35,53H,4-7,10,13,16,19,22,25,30,32-34,36-52H2,1-3H3/b11-8-,12-9-,17-14-,18-15-,23-20-,24-21-,27-26-,29-28-,35-31-. The zero-order valence-electron chi connectivity index (χ0n) is 39.8. The Kier molecular flexibility index (Phi) is 46.6. The van der Waals surface area contributed by atoms with Crippen molar-refractivity contribution in [3.05, 3.63) is 109 Å². The first-order valence-electron chi connectivity index (χ1n) is 25.0. The molecule has 0 spiro atoms. The third kappa shape index (κ3) is 47.1. The third-order valence-electron chi connectivity index (χ3n) is 10.2. The summed E-state index contributed by atoms with van der Waals surface area (Å²) in [5, 5.41) is 0. The number of ether oxygens (including phenoxy) is 3. The molecule has 1 unspecified atom stereocenters. The minimum Gasteiger partial charge on any atom is -0.462 e. The lowest BCUT2D eigenvalue weighted by molar-refractivity contribution is -0.167. The topological polar surface area (TPSA) is 78.9 Å². The molecule has 0 N–H and O–H groups in total. The summed E-state index contributed by atoms with van der Waals surface area (Å²) in [7, 11) is 0. The van der Waals surface area contributed by atoms with Crippen molar-refractivity contribution in [1.82, 2.24) is 0 Å². The fourth-order valence-corrected chi connectivity index (χ4v) is 6.44. The maximum absolute atomic E-state index is 12.8. The summed E-state index contributed by atoms with van der Waals surface area (Å²) in [5.74, 6) is -0.993. The van der Waals surface area contributed by atoms with Crippen LogP contribution in [0.15, 0.2) is 109 Å². The Labute approximate surface area is 380 Å². The number of rotatable bonds is 43. The molecule has 0 bridgehead atoms. The number of allylic oxidation sites excluding steroid dienone is 18. The smallest absolute Gasteiger partial charge is 0.306 e. The van der Waals surface area contributed by atoms with Crippen LogP contribution < -0.4 is 0 Å². The van der Waals surface area contributed by atoms with Crippen LogP contribution in [0.25, 0.3) is 0 Å². The Bertz CT molecular complexity index is 1310. The van der Waals surface area contributed by atoms with Gasteiger partial charge in [0.2, 0.25) is 0 Å². The van der Waals surface area contributed by atoms with Crippen LogP contribution in [0.5, 0.6) is 0 Å². The van der Waals surface area contributed by atoms with E-state index < -0.39 is 6.10 Å². The molecule has 0 radical (unpaired) electrons. The third-order valence-corrected chi connectivity index (χ3v) is 10.2. The van der Waals surface area contributed by atoms with Gasteiger partial charge in [-0.05, 0) is 83.5 Å². The molecule has 0 aromatic rings. The summed E-state index contributed by atoms with van der Waals surface area (Å²) in [5.41, 5.74) is 0. The van der Waals surface area contributed by atoms with Crippen LogP contribution in [-0.4, -0.2) is 37.2 Å². The van der Waals surface area contributed by atoms with Gasteiger partial charge in [-0.2, -0.15) is 0 Å². The van der Waals surface area contributed by atoms with E-state index in [0.29, 0.717) is 19.3 Å². The van der Waals surface area contributed by atoms with E-state index in [-0.39, 0.29) is 37.5 Å². The largest absolute Gasteiger partial charge is 0.462 e. The summed E-state index contributed by atoms with van der Waals surface area (Å²) in [6.45, 7) is 6.27. The van der Waals surface area contributed by atoms with Gasteiger partial charge >= 0.3 is 17.9 Å². The number of esters is 3. The molecular formula is C56H90O6. The predicted octanol–water partition coefficient (Wildman–Crippen LogP) is 16.4. The number of unbranched alkanes of at least 4 members (excludes halogenated alkanes) is 20. The lowest BCUT2D eigenvalue weighted by atomic mass is 10.1. The molecule has 6 heteroatoms. The average Bonchev–Trinajstić information content (AvgIpc) is 3.27. The molecule has 0 aromatic heterocycles. The molecule has 0 rings (SSSR count). The number of carbonyl (C=O) groups excluding carboxylic acids is 3. The number of hydrogen-bond acceptors (Lipinski definition) is 6. The minimum absolute atomic E-state index is 0.111. The fourth-order valence-electron chi connectivity index (χ4n) is 6.44. The molecule has 0 aliphatic rings. The molecule has 0 aliphatic heterocycles. The highest BCUT2D eigenvalue weighted by Crippen LogP contribution is 2.13. The van der Waals surface area contributed by atoms with Gasteiger partial charge in [-0.1, -0.05) is 214 Å². The van der Waals surface area contributed by atoms with Crippen LogP contribution in [-0.2, 0) is 28.6 Å². The molecule has 350 valence electrons. The van der Waals surface area contributed by atoms with E-state index in [2.05, 4.69) is 87.6 Å². The molecule has 0 fully saturated rings. The van der Waals surface area contributed by atoms with Crippen LogP contribution in [0, 0.1) is 0 Å². The van der Waals surface area contributed by atoms with Gasteiger partial charge in [-0.15, -0.1) is 0 Å². The Morgan fingerprint density at radius 2 is 0.629 bits per heavy atom. The van der Waals surface area contributed by atoms with Crippen molar-refractivity contribution in [3.8, 4) is 0 Å². The highest BCUT2D eigenvalue weighted by atomic mass is 16.6. The molecule has 1 atom stereocenters. The van der Waals surface area contributed by atoms with Crippen LogP contribution in [0.4, 0.5) is 0 Å². The van der Waals surface area contributed by atoms with Crippen molar-refractivity contribution in [2.24, 2.45) is 0 Å². The summed E-state index contributed by atoms with van der Waals surface area (Å²) in [6, 6.07) is 0. The van der Waals surface area contributed by atoms with Crippen molar-refractivity contribution in [3.63, 3.8) is 0 Å². The first-order valence-corrected chi connectivity index (χ1v) is 25.0. The Morgan fingerprint density at radius 1 is 0.339 bits per heavy atom. The zero-order chi connectivity index (χ0) is 45.1. The quantitative estimate of drug-likeness (QED) is 0.0263. The second-order valence-corrected chi connectivity index (χ2v) is 16.1. The van der Waals surface area contributed by atoms with Gasteiger partial charge in [-0.3, -0.25) is 14.4 Å². The molecule has 6 nitrogen and oxygen atoms in total. The van der Waals surface area contributed by atoms with Crippen LogP contribution in [0.2, 0.25) is 0 Å². The lowest BCUT2D eigenvalue weighted by Crippen LogP contribution is -2.30. The lowest BCUT2D eigenvalue weighted by Gasteiger charge is -2.18. The molecule has 0 heterocycles. The summed E-state index contributed by atoms with van der Waals surface area (Å²) in [6.07, 6.45) is 66.4. The van der Waals surface area contributed by atoms with Gasteiger partial charge in [0.25, 0.3) is 0 Å². The van der Waals surface area contributed by atoms with Crippen molar-refractivity contribution < 1.29 is 28.6 Å². The second-order valence-electron chi connectivity index (χ2n) is 16.1. The van der Waals surface area contributed by atoms with Gasteiger partial charge in [0.15, 0.2) is 6.10 Å². The number of hydrogen-bond donors (Lipinski definition) is 0. The predicted molar refractivity (Wildman–Crippen MR) is 265 cm³/mol. The normalized spacial score (nSPS) is 13.0. The van der Waals surface area contributed by atoms with E-state index in [0.717, 1.165) is 109 Å². The van der Waals surface area contributed by atoms with E-state index in [1.165, 1.54) is 51.4 Å². The van der Waals surface area contributed by atoms with E-state index in [1.54, 1.807) is 0 Å². The van der Waals surface area contributed by atoms with Crippen LogP contribution >= 0.6 is 0 Å². The maximum Gasteiger partial charge on any atom is 0.306 e. The molecule has 0 aliphatic carbocycles. The summed E-state index contributed by atoms with van der Waals surface area (Å²) < 4.78 is 16.7. The molecule has 0 saturated heterocycles. The minimum atomic E-state index is -0.814. The van der Waals surface area contributed by atoms with E-state index in [9.17, 15) is 14.4 Å². The van der Waals surface area contributed by atoms with Gasteiger partial charge in [0.05, 0.1) is 0 Å². The molecule has 0 amide bonds. The zero-order valence-corrected chi connectivity index (χ0v) is 39.8. The Morgan fingerprint density at radius 3 is 1.02 bits per heavy atom. The highest BCUT2D eigenvalue weighted by molar-refractivity contribution is 5.71. The van der Waals surface area contributed by atoms with Gasteiger partial charge in [-0.25, -0.2) is 0 Å². The van der Waals surface area contributed by atoms with Crippen LogP contribution in [0.1, 0.15) is 207 Å². The van der Waals surface area contributed by atoms with Crippen molar-refractivity contribution in [1.29, 1.82) is 0 Å². The Hall–Kier alpha value is -3.93. The van der Waals surface area contributed by atoms with Gasteiger partial charge in [0, 0.05) is 19.3 Å². The first-order chi connectivity index (χ1) is 30.5. The molecular weight excluding hydrogens is 769 g/mol. The second kappa shape index (κ2) is 49.7. The molecule has 0 saturated carbocycles. The van der Waals surface area contributed by atoms with E-state index >= 15 is 0 Å². The number of carbonyl (C=O) groups is 3. The fraction of sp³-hybridized carbons (Fsp3) is 0.625. The molecule has 0 aromatic carbocycles. The average molecular weight is 859 g/mol. The van der Waals surface area contributed by atoms with E-state index in [4.69, 9.17) is 14.2 Å².